The van der Waals surface area contributed by atoms with Crippen molar-refractivity contribution in [2.45, 2.75) is 13.1 Å². The standard InChI is InChI=1S/C22H16F2O3Si/c1-28(2)19-9-13(26)3-5-15(19)21(16-6-4-14(27)10-20(16)28)22-17(23)7-12(11-25)8-18(22)24/h3-11,26H,1-2H3. The first kappa shape index (κ1) is 18.2. The lowest BCUT2D eigenvalue weighted by Gasteiger charge is -2.37. The molecule has 2 aromatic carbocycles. The van der Waals surface area contributed by atoms with Crippen LogP contribution < -0.4 is 5.19 Å². The third-order valence-corrected chi connectivity index (χ3v) is 8.85. The van der Waals surface area contributed by atoms with E-state index in [1.54, 1.807) is 18.2 Å². The van der Waals surface area contributed by atoms with E-state index in [1.165, 1.54) is 18.2 Å². The Morgan fingerprint density at radius 3 is 2.36 bits per heavy atom. The minimum absolute atomic E-state index is 0.0534. The van der Waals surface area contributed by atoms with Gasteiger partial charge in [-0.25, -0.2) is 8.78 Å². The molecule has 0 radical (unpaired) electrons. The van der Waals surface area contributed by atoms with Gasteiger partial charge in [0.25, 0.3) is 0 Å². The molecule has 1 aliphatic heterocycles. The molecule has 2 aromatic rings. The number of carbonyl (C=O) groups is 2. The number of halogens is 2. The largest absolute Gasteiger partial charge is 0.508 e. The second kappa shape index (κ2) is 6.20. The molecule has 0 amide bonds. The summed E-state index contributed by atoms with van der Waals surface area (Å²) in [5.41, 5.74) is 1.21. The van der Waals surface area contributed by atoms with Crippen LogP contribution in [0.25, 0.3) is 5.57 Å². The number of allylic oxidation sites excluding steroid dienone is 5. The van der Waals surface area contributed by atoms with Crippen LogP contribution in [-0.4, -0.2) is 25.2 Å². The third kappa shape index (κ3) is 2.60. The lowest BCUT2D eigenvalue weighted by atomic mass is 9.88. The van der Waals surface area contributed by atoms with Crippen molar-refractivity contribution < 1.29 is 23.5 Å². The zero-order valence-corrected chi connectivity index (χ0v) is 16.2. The molecule has 28 heavy (non-hydrogen) atoms. The highest BCUT2D eigenvalue weighted by Gasteiger charge is 2.41. The van der Waals surface area contributed by atoms with Gasteiger partial charge in [-0.2, -0.15) is 0 Å². The molecule has 1 N–H and O–H groups in total. The first-order valence-electron chi connectivity index (χ1n) is 8.71. The number of aromatic hydroxyl groups is 1. The number of rotatable bonds is 2. The molecule has 1 aliphatic carbocycles. The molecule has 6 heteroatoms. The molecular formula is C22H16F2O3Si. The molecule has 0 spiro atoms. The van der Waals surface area contributed by atoms with Crippen LogP contribution in [0.5, 0.6) is 5.75 Å². The summed E-state index contributed by atoms with van der Waals surface area (Å²) < 4.78 is 29.8. The van der Waals surface area contributed by atoms with Crippen LogP contribution in [0.15, 0.2) is 59.3 Å². The van der Waals surface area contributed by atoms with Crippen molar-refractivity contribution in [1.29, 1.82) is 0 Å². The Bertz CT molecular complexity index is 1130. The minimum Gasteiger partial charge on any atom is -0.508 e. The number of phenolic OH excluding ortho intramolecular Hbond substituents is 1. The van der Waals surface area contributed by atoms with E-state index < -0.39 is 19.7 Å². The Hall–Kier alpha value is -3.12. The van der Waals surface area contributed by atoms with E-state index in [0.717, 1.165) is 22.5 Å². The Morgan fingerprint density at radius 1 is 1.04 bits per heavy atom. The summed E-state index contributed by atoms with van der Waals surface area (Å²) in [4.78, 5) is 23.0. The SMILES string of the molecule is C[Si]1(C)C2=CC(=O)C=CC2=C(c2c(F)cc(C=O)cc2F)c2ccc(O)cc21. The summed E-state index contributed by atoms with van der Waals surface area (Å²) in [6.45, 7) is 4.06. The second-order valence-corrected chi connectivity index (χ2v) is 11.7. The van der Waals surface area contributed by atoms with Crippen LogP contribution >= 0.6 is 0 Å². The van der Waals surface area contributed by atoms with Gasteiger partial charge in [-0.05, 0) is 57.9 Å². The van der Waals surface area contributed by atoms with Gasteiger partial charge in [-0.15, -0.1) is 0 Å². The van der Waals surface area contributed by atoms with E-state index >= 15 is 0 Å². The second-order valence-electron chi connectivity index (χ2n) is 7.41. The van der Waals surface area contributed by atoms with Crippen LogP contribution in [0, 0.1) is 11.6 Å². The van der Waals surface area contributed by atoms with Crippen LogP contribution in [0.1, 0.15) is 21.5 Å². The molecule has 0 bridgehead atoms. The fourth-order valence-corrected chi connectivity index (χ4v) is 7.05. The molecular weight excluding hydrogens is 378 g/mol. The monoisotopic (exact) mass is 394 g/mol. The highest BCUT2D eigenvalue weighted by Crippen LogP contribution is 2.43. The fraction of sp³-hybridized carbons (Fsp3) is 0.0909. The maximum absolute atomic E-state index is 14.9. The molecule has 0 unspecified atom stereocenters. The molecule has 0 fully saturated rings. The number of fused-ring (bicyclic) bond motifs is 2. The van der Waals surface area contributed by atoms with Gasteiger partial charge in [0.05, 0.1) is 5.56 Å². The van der Waals surface area contributed by atoms with Gasteiger partial charge in [0.2, 0.25) is 0 Å². The number of aldehydes is 1. The molecule has 140 valence electrons. The third-order valence-electron chi connectivity index (χ3n) is 5.33. The average molecular weight is 394 g/mol. The average Bonchev–Trinajstić information content (AvgIpc) is 2.64. The maximum Gasteiger partial charge on any atom is 0.178 e. The van der Waals surface area contributed by atoms with Crippen LogP contribution in [0.3, 0.4) is 0 Å². The summed E-state index contributed by atoms with van der Waals surface area (Å²) in [6.07, 6.45) is 4.89. The predicted molar refractivity (Wildman–Crippen MR) is 105 cm³/mol. The van der Waals surface area contributed by atoms with Crippen molar-refractivity contribution in [3.8, 4) is 5.75 Å². The van der Waals surface area contributed by atoms with Gasteiger partial charge in [0.1, 0.15) is 31.7 Å². The van der Waals surface area contributed by atoms with Crippen molar-refractivity contribution in [3.05, 3.63) is 87.7 Å². The van der Waals surface area contributed by atoms with Crippen LogP contribution in [-0.2, 0) is 4.79 Å². The van der Waals surface area contributed by atoms with E-state index in [4.69, 9.17) is 0 Å². The van der Waals surface area contributed by atoms with E-state index in [9.17, 15) is 23.5 Å². The maximum atomic E-state index is 14.9. The van der Waals surface area contributed by atoms with Gasteiger partial charge in [0, 0.05) is 11.1 Å². The molecule has 1 heterocycles. The topological polar surface area (TPSA) is 54.4 Å². The van der Waals surface area contributed by atoms with Crippen molar-refractivity contribution in [3.63, 3.8) is 0 Å². The fourth-order valence-electron chi connectivity index (χ4n) is 3.98. The van der Waals surface area contributed by atoms with Gasteiger partial charge < -0.3 is 5.11 Å². The molecule has 0 aromatic heterocycles. The van der Waals surface area contributed by atoms with Crippen LogP contribution in [0.4, 0.5) is 8.78 Å². The first-order chi connectivity index (χ1) is 13.2. The lowest BCUT2D eigenvalue weighted by molar-refractivity contribution is -0.110. The molecule has 0 saturated carbocycles. The number of hydrogen-bond donors (Lipinski definition) is 1. The normalized spacial score (nSPS) is 17.1. The summed E-state index contributed by atoms with van der Waals surface area (Å²) in [5.74, 6) is -1.83. The molecule has 4 rings (SSSR count). The van der Waals surface area contributed by atoms with Gasteiger partial charge in [-0.1, -0.05) is 25.2 Å². The molecule has 0 atom stereocenters. The Balaban J connectivity index is 2.14. The summed E-state index contributed by atoms with van der Waals surface area (Å²) in [6, 6.07) is 6.73. The number of phenols is 1. The minimum atomic E-state index is -2.40. The first-order valence-corrected chi connectivity index (χ1v) is 11.7. The highest BCUT2D eigenvalue weighted by atomic mass is 28.3. The Kier molecular flexibility index (Phi) is 4.04. The van der Waals surface area contributed by atoms with E-state index in [0.29, 0.717) is 23.0 Å². The van der Waals surface area contributed by atoms with Crippen molar-refractivity contribution >= 4 is 30.9 Å². The van der Waals surface area contributed by atoms with Crippen LogP contribution in [0.2, 0.25) is 13.1 Å². The summed E-state index contributed by atoms with van der Waals surface area (Å²) >= 11 is 0. The lowest BCUT2D eigenvalue weighted by Crippen LogP contribution is -2.49. The van der Waals surface area contributed by atoms with Crippen molar-refractivity contribution in [1.82, 2.24) is 0 Å². The zero-order chi connectivity index (χ0) is 20.2. The molecule has 3 nitrogen and oxygen atoms in total. The van der Waals surface area contributed by atoms with E-state index in [2.05, 4.69) is 0 Å². The molecule has 2 aliphatic rings. The quantitative estimate of drug-likeness (QED) is 0.622. The van der Waals surface area contributed by atoms with Gasteiger partial charge in [0.15, 0.2) is 5.78 Å². The van der Waals surface area contributed by atoms with Gasteiger partial charge >= 0.3 is 0 Å². The van der Waals surface area contributed by atoms with Gasteiger partial charge in [-0.3, -0.25) is 9.59 Å². The van der Waals surface area contributed by atoms with E-state index in [1.807, 2.05) is 13.1 Å². The smallest absolute Gasteiger partial charge is 0.178 e. The predicted octanol–water partition coefficient (Wildman–Crippen LogP) is 3.82. The summed E-state index contributed by atoms with van der Waals surface area (Å²) in [7, 11) is -2.40. The highest BCUT2D eigenvalue weighted by molar-refractivity contribution is 6.98. The summed E-state index contributed by atoms with van der Waals surface area (Å²) in [5, 5.41) is 11.6. The Labute approximate surface area is 161 Å². The number of hydrogen-bond acceptors (Lipinski definition) is 3. The van der Waals surface area contributed by atoms with E-state index in [-0.39, 0.29) is 22.7 Å². The zero-order valence-electron chi connectivity index (χ0n) is 15.2. The number of carbonyl (C=O) groups excluding carboxylic acids is 2. The molecule has 0 saturated heterocycles. The Morgan fingerprint density at radius 2 is 1.71 bits per heavy atom. The number of ketones is 1. The van der Waals surface area contributed by atoms with Crippen molar-refractivity contribution in [2.24, 2.45) is 0 Å². The number of benzene rings is 2. The van der Waals surface area contributed by atoms with Crippen molar-refractivity contribution in [2.75, 3.05) is 0 Å².